The fourth-order valence-corrected chi connectivity index (χ4v) is 2.00. The summed E-state index contributed by atoms with van der Waals surface area (Å²) >= 11 is 0. The van der Waals surface area contributed by atoms with Crippen LogP contribution < -0.4 is 0 Å². The molecule has 1 nitrogen and oxygen atoms in total. The number of rotatable bonds is 3. The number of aliphatic hydroxyl groups is 1. The molecule has 0 saturated carbocycles. The Morgan fingerprint density at radius 3 is 2.39 bits per heavy atom. The Hall–Kier alpha value is -1.86. The Balaban J connectivity index is 2.30. The van der Waals surface area contributed by atoms with Crippen molar-refractivity contribution in [1.29, 1.82) is 0 Å². The molecule has 0 heterocycles. The van der Waals surface area contributed by atoms with Gasteiger partial charge in [0.25, 0.3) is 0 Å². The lowest BCUT2D eigenvalue weighted by molar-refractivity contribution is 0.343. The van der Waals surface area contributed by atoms with Crippen LogP contribution in [0.25, 0.3) is 16.7 Å². The first-order chi connectivity index (χ1) is 8.70. The zero-order chi connectivity index (χ0) is 13.0. The largest absolute Gasteiger partial charge is 0.392 e. The summed E-state index contributed by atoms with van der Waals surface area (Å²) in [6, 6.07) is 16.9. The number of hydrogen-bond donors (Lipinski definition) is 1. The van der Waals surface area contributed by atoms with Crippen molar-refractivity contribution in [1.82, 2.24) is 0 Å². The minimum Gasteiger partial charge on any atom is -0.392 e. The third-order valence-corrected chi connectivity index (χ3v) is 3.09. The zero-order valence-corrected chi connectivity index (χ0v) is 10.9. The maximum absolute atomic E-state index is 8.88. The van der Waals surface area contributed by atoms with Crippen LogP contribution in [-0.4, -0.2) is 11.7 Å². The van der Waals surface area contributed by atoms with Crippen LogP contribution in [0.4, 0.5) is 0 Å². The van der Waals surface area contributed by atoms with Crippen molar-refractivity contribution in [3.8, 4) is 11.1 Å². The molecule has 1 N–H and O–H groups in total. The molecule has 0 bridgehead atoms. The van der Waals surface area contributed by atoms with Crippen LogP contribution in [0.15, 0.2) is 54.6 Å². The molecule has 92 valence electrons. The fraction of sp³-hybridized carbons (Fsp3) is 0.176. The van der Waals surface area contributed by atoms with E-state index in [1.54, 1.807) is 0 Å². The summed E-state index contributed by atoms with van der Waals surface area (Å²) in [5.41, 5.74) is 5.99. The summed E-state index contributed by atoms with van der Waals surface area (Å²) < 4.78 is 0. The van der Waals surface area contributed by atoms with Crippen molar-refractivity contribution in [2.45, 2.75) is 13.8 Å². The molecule has 18 heavy (non-hydrogen) atoms. The average molecular weight is 238 g/mol. The highest BCUT2D eigenvalue weighted by Crippen LogP contribution is 2.23. The molecule has 0 aliphatic rings. The minimum absolute atomic E-state index is 0.0888. The van der Waals surface area contributed by atoms with E-state index in [0.29, 0.717) is 0 Å². The quantitative estimate of drug-likeness (QED) is 0.855. The predicted molar refractivity (Wildman–Crippen MR) is 77.4 cm³/mol. The van der Waals surface area contributed by atoms with Gasteiger partial charge in [0, 0.05) is 0 Å². The third kappa shape index (κ3) is 2.88. The lowest BCUT2D eigenvalue weighted by Crippen LogP contribution is -1.84. The van der Waals surface area contributed by atoms with E-state index >= 15 is 0 Å². The number of aryl methyl sites for hydroxylation is 1. The summed E-state index contributed by atoms with van der Waals surface area (Å²) in [5, 5.41) is 8.88. The molecule has 0 atom stereocenters. The third-order valence-electron chi connectivity index (χ3n) is 3.09. The van der Waals surface area contributed by atoms with Gasteiger partial charge in [-0.3, -0.25) is 0 Å². The van der Waals surface area contributed by atoms with Crippen molar-refractivity contribution in [2.24, 2.45) is 0 Å². The van der Waals surface area contributed by atoms with Crippen LogP contribution >= 0.6 is 0 Å². The molecule has 2 rings (SSSR count). The van der Waals surface area contributed by atoms with Crippen LogP contribution in [0.2, 0.25) is 0 Å². The molecule has 0 aliphatic heterocycles. The standard InChI is InChI=1S/C17H18O/c1-13-4-3-5-17(12-13)16-8-6-15(7-9-16)14(2)10-11-18/h3-10,12,18H,11H2,1-2H3/b14-10-. The molecule has 2 aromatic carbocycles. The highest BCUT2D eigenvalue weighted by molar-refractivity contribution is 5.69. The van der Waals surface area contributed by atoms with Crippen LogP contribution in [-0.2, 0) is 0 Å². The average Bonchev–Trinajstić information content (AvgIpc) is 2.39. The van der Waals surface area contributed by atoms with Gasteiger partial charge in [-0.05, 0) is 36.1 Å². The van der Waals surface area contributed by atoms with Crippen molar-refractivity contribution in [3.63, 3.8) is 0 Å². The maximum atomic E-state index is 8.88. The van der Waals surface area contributed by atoms with E-state index in [4.69, 9.17) is 5.11 Å². The molecule has 0 aliphatic carbocycles. The first-order valence-corrected chi connectivity index (χ1v) is 6.16. The molecule has 1 heteroatoms. The Bertz CT molecular complexity index is 550. The van der Waals surface area contributed by atoms with Crippen molar-refractivity contribution in [2.75, 3.05) is 6.61 Å². The lowest BCUT2D eigenvalue weighted by atomic mass is 10.00. The van der Waals surface area contributed by atoms with E-state index in [1.165, 1.54) is 16.7 Å². The fourth-order valence-electron chi connectivity index (χ4n) is 2.00. The van der Waals surface area contributed by atoms with E-state index < -0.39 is 0 Å². The SMILES string of the molecule is C/C(=C/CO)c1ccc(-c2cccc(C)c2)cc1. The van der Waals surface area contributed by atoms with Gasteiger partial charge in [0.2, 0.25) is 0 Å². The first-order valence-electron chi connectivity index (χ1n) is 6.16. The Kier molecular flexibility index (Phi) is 3.96. The molecule has 0 radical (unpaired) electrons. The number of hydrogen-bond acceptors (Lipinski definition) is 1. The van der Waals surface area contributed by atoms with Crippen LogP contribution in [0.1, 0.15) is 18.1 Å². The first kappa shape index (κ1) is 12.6. The van der Waals surface area contributed by atoms with Gasteiger partial charge in [-0.2, -0.15) is 0 Å². The van der Waals surface area contributed by atoms with Gasteiger partial charge < -0.3 is 5.11 Å². The van der Waals surface area contributed by atoms with Crippen molar-refractivity contribution >= 4 is 5.57 Å². The lowest BCUT2D eigenvalue weighted by Gasteiger charge is -2.05. The second kappa shape index (κ2) is 5.65. The highest BCUT2D eigenvalue weighted by Gasteiger charge is 1.99. The molecule has 0 fully saturated rings. The highest BCUT2D eigenvalue weighted by atomic mass is 16.2. The smallest absolute Gasteiger partial charge is 0.0618 e. The van der Waals surface area contributed by atoms with Crippen LogP contribution in [0.5, 0.6) is 0 Å². The predicted octanol–water partition coefficient (Wildman–Crippen LogP) is 4.06. The number of allylic oxidation sites excluding steroid dienone is 1. The van der Waals surface area contributed by atoms with Gasteiger partial charge in [0.15, 0.2) is 0 Å². The van der Waals surface area contributed by atoms with Gasteiger partial charge in [-0.1, -0.05) is 60.2 Å². The summed E-state index contributed by atoms with van der Waals surface area (Å²) in [4.78, 5) is 0. The van der Waals surface area contributed by atoms with Crippen molar-refractivity contribution < 1.29 is 5.11 Å². The second-order valence-electron chi connectivity index (χ2n) is 4.52. The normalized spacial score (nSPS) is 11.6. The van der Waals surface area contributed by atoms with E-state index in [9.17, 15) is 0 Å². The number of benzene rings is 2. The van der Waals surface area contributed by atoms with Gasteiger partial charge in [-0.25, -0.2) is 0 Å². The topological polar surface area (TPSA) is 20.2 Å². The Morgan fingerprint density at radius 1 is 1.06 bits per heavy atom. The van der Waals surface area contributed by atoms with E-state index in [-0.39, 0.29) is 6.61 Å². The molecule has 0 saturated heterocycles. The zero-order valence-electron chi connectivity index (χ0n) is 10.9. The van der Waals surface area contributed by atoms with Crippen LogP contribution in [0.3, 0.4) is 0 Å². The maximum Gasteiger partial charge on any atom is 0.0618 e. The molecule has 0 unspecified atom stereocenters. The van der Waals surface area contributed by atoms with Gasteiger partial charge in [-0.15, -0.1) is 0 Å². The second-order valence-corrected chi connectivity index (χ2v) is 4.52. The molecular weight excluding hydrogens is 220 g/mol. The molecule has 2 aromatic rings. The molecule has 0 amide bonds. The van der Waals surface area contributed by atoms with Gasteiger partial charge in [0.1, 0.15) is 0 Å². The van der Waals surface area contributed by atoms with Gasteiger partial charge >= 0.3 is 0 Å². The van der Waals surface area contributed by atoms with E-state index in [0.717, 1.165) is 11.1 Å². The summed E-state index contributed by atoms with van der Waals surface area (Å²) in [6.07, 6.45) is 1.82. The monoisotopic (exact) mass is 238 g/mol. The van der Waals surface area contributed by atoms with Gasteiger partial charge in [0.05, 0.1) is 6.61 Å². The molecule has 0 aromatic heterocycles. The van der Waals surface area contributed by atoms with E-state index in [1.807, 2.05) is 13.0 Å². The summed E-state index contributed by atoms with van der Waals surface area (Å²) in [5.74, 6) is 0. The number of aliphatic hydroxyl groups excluding tert-OH is 1. The Morgan fingerprint density at radius 2 is 1.78 bits per heavy atom. The van der Waals surface area contributed by atoms with Crippen molar-refractivity contribution in [3.05, 3.63) is 65.7 Å². The minimum atomic E-state index is 0.0888. The van der Waals surface area contributed by atoms with E-state index in [2.05, 4.69) is 55.5 Å². The molecule has 0 spiro atoms. The summed E-state index contributed by atoms with van der Waals surface area (Å²) in [7, 11) is 0. The Labute approximate surface area is 108 Å². The van der Waals surface area contributed by atoms with Crippen LogP contribution in [0, 0.1) is 6.92 Å². The summed E-state index contributed by atoms with van der Waals surface area (Å²) in [6.45, 7) is 4.20. The molecular formula is C17H18O.